The van der Waals surface area contributed by atoms with E-state index in [1.54, 1.807) is 0 Å². The van der Waals surface area contributed by atoms with Crippen LogP contribution in [0, 0.1) is 35.6 Å². The van der Waals surface area contributed by atoms with Crippen LogP contribution in [0.5, 0.6) is 0 Å². The average molecular weight is 232 g/mol. The fourth-order valence-corrected chi connectivity index (χ4v) is 0. The Kier molecular flexibility index (Phi) is 10.5. The first-order chi connectivity index (χ1) is 1.73. The summed E-state index contributed by atoms with van der Waals surface area (Å²) in [5.41, 5.74) is 4.71. The summed E-state index contributed by atoms with van der Waals surface area (Å²) in [4.78, 5) is 0. The van der Waals surface area contributed by atoms with Crippen molar-refractivity contribution >= 4 is 29.2 Å². The molecule has 0 amide bonds. The molecule has 0 aliphatic heterocycles. The van der Waals surface area contributed by atoms with Gasteiger partial charge in [-0.2, -0.15) is 0 Å². The summed E-state index contributed by atoms with van der Waals surface area (Å²) >= 11 is 7.65. The zero-order chi connectivity index (χ0) is 3.58. The predicted octanol–water partition coefficient (Wildman–Crippen LogP) is 0.160. The summed E-state index contributed by atoms with van der Waals surface area (Å²) in [6.45, 7) is 0. The van der Waals surface area contributed by atoms with Gasteiger partial charge in [-0.15, -0.1) is 12.6 Å². The molecule has 0 unspecified atom stereocenters. The largest absolute Gasteiger partial charge is 0.385 e. The van der Waals surface area contributed by atoms with Crippen LogP contribution in [0.2, 0.25) is 0 Å². The summed E-state index contributed by atoms with van der Waals surface area (Å²) in [6.07, 6.45) is 0. The first-order valence-electron chi connectivity index (χ1n) is 0.716. The van der Waals surface area contributed by atoms with Gasteiger partial charge in [-0.25, -0.2) is 0 Å². The van der Waals surface area contributed by atoms with Gasteiger partial charge in [-0.05, 0) is 0 Å². The SMILES string of the molecule is NC(=S)S.[La]. The molecule has 2 N–H and O–H groups in total. The molecule has 0 aliphatic rings. The molecule has 0 aromatic heterocycles. The Bertz CT molecular complexity index is 32.6. The van der Waals surface area contributed by atoms with Crippen LogP contribution in [-0.4, -0.2) is 4.32 Å². The van der Waals surface area contributed by atoms with Crippen LogP contribution in [0.25, 0.3) is 0 Å². The van der Waals surface area contributed by atoms with Gasteiger partial charge < -0.3 is 5.73 Å². The van der Waals surface area contributed by atoms with Crippen LogP contribution in [0.1, 0.15) is 0 Å². The molecule has 0 saturated heterocycles. The van der Waals surface area contributed by atoms with Crippen LogP contribution in [0.15, 0.2) is 0 Å². The summed E-state index contributed by atoms with van der Waals surface area (Å²) < 4.78 is 0.194. The molecule has 5 heavy (non-hydrogen) atoms. The monoisotopic (exact) mass is 232 g/mol. The van der Waals surface area contributed by atoms with Crippen molar-refractivity contribution < 1.29 is 35.6 Å². The average Bonchev–Trinajstić information content (AvgIpc) is 0.811. The van der Waals surface area contributed by atoms with E-state index in [-0.39, 0.29) is 39.9 Å². The molecule has 0 atom stereocenters. The zero-order valence-corrected chi connectivity index (χ0v) is 7.85. The molecule has 0 heterocycles. The van der Waals surface area contributed by atoms with Gasteiger partial charge >= 0.3 is 0 Å². The molecular formula is CH3LaNS2. The molecule has 0 spiro atoms. The van der Waals surface area contributed by atoms with Crippen LogP contribution in [0.4, 0.5) is 0 Å². The Morgan fingerprint density at radius 2 is 1.80 bits per heavy atom. The van der Waals surface area contributed by atoms with E-state index in [4.69, 9.17) is 5.73 Å². The summed E-state index contributed by atoms with van der Waals surface area (Å²) in [5.74, 6) is 0. The number of rotatable bonds is 0. The van der Waals surface area contributed by atoms with Gasteiger partial charge in [0, 0.05) is 35.6 Å². The second kappa shape index (κ2) is 5.43. The van der Waals surface area contributed by atoms with E-state index in [2.05, 4.69) is 24.8 Å². The quantitative estimate of drug-likeness (QED) is 0.459. The fraction of sp³-hybridized carbons (Fsp3) is 0. The van der Waals surface area contributed by atoms with Gasteiger partial charge in [0.05, 0.1) is 0 Å². The van der Waals surface area contributed by atoms with Gasteiger partial charge in [-0.3, -0.25) is 0 Å². The standard InChI is InChI=1S/CH3NS2.La/c2-1(3)4;/h(H3,2,3,4);. The number of hydrogen-bond donors (Lipinski definition) is 2. The Balaban J connectivity index is 0. The molecule has 0 bridgehead atoms. The second-order valence-electron chi connectivity index (χ2n) is 0.338. The molecule has 0 aliphatic carbocycles. The molecule has 0 aromatic carbocycles. The Morgan fingerprint density at radius 1 is 1.80 bits per heavy atom. The van der Waals surface area contributed by atoms with E-state index < -0.39 is 0 Å². The first-order valence-corrected chi connectivity index (χ1v) is 1.57. The van der Waals surface area contributed by atoms with Gasteiger partial charge in [0.2, 0.25) is 0 Å². The first kappa shape index (κ1) is 9.66. The van der Waals surface area contributed by atoms with Crippen LogP contribution in [-0.2, 0) is 0 Å². The minimum atomic E-state index is 0. The number of hydrogen-bond acceptors (Lipinski definition) is 1. The van der Waals surface area contributed by atoms with Crippen LogP contribution in [0.3, 0.4) is 0 Å². The summed E-state index contributed by atoms with van der Waals surface area (Å²) in [5, 5.41) is 0. The second-order valence-corrected chi connectivity index (χ2v) is 1.56. The molecule has 0 aromatic rings. The van der Waals surface area contributed by atoms with Crippen molar-refractivity contribution in [2.75, 3.05) is 0 Å². The van der Waals surface area contributed by atoms with Crippen molar-refractivity contribution in [3.63, 3.8) is 0 Å². The molecule has 0 rings (SSSR count). The minimum absolute atomic E-state index is 0. The van der Waals surface area contributed by atoms with E-state index in [1.165, 1.54) is 0 Å². The van der Waals surface area contributed by atoms with E-state index >= 15 is 0 Å². The van der Waals surface area contributed by atoms with E-state index in [0.29, 0.717) is 0 Å². The Hall–Kier alpha value is 1.43. The smallest absolute Gasteiger partial charge is 0.128 e. The number of thiocarbonyl (C=S) groups is 1. The van der Waals surface area contributed by atoms with Crippen LogP contribution < -0.4 is 5.73 Å². The predicted molar refractivity (Wildman–Crippen MR) is 25.8 cm³/mol. The molecule has 1 radical (unpaired) electrons. The third-order valence-electron chi connectivity index (χ3n) is 0. The van der Waals surface area contributed by atoms with Gasteiger partial charge in [0.1, 0.15) is 4.32 Å². The molecule has 1 nitrogen and oxygen atoms in total. The summed E-state index contributed by atoms with van der Waals surface area (Å²) in [7, 11) is 0. The topological polar surface area (TPSA) is 26.0 Å². The van der Waals surface area contributed by atoms with Crippen LogP contribution >= 0.6 is 24.8 Å². The Morgan fingerprint density at radius 3 is 1.80 bits per heavy atom. The molecule has 0 fully saturated rings. The summed E-state index contributed by atoms with van der Waals surface area (Å²) in [6, 6.07) is 0. The third kappa shape index (κ3) is 31.1. The van der Waals surface area contributed by atoms with E-state index in [1.807, 2.05) is 0 Å². The maximum atomic E-state index is 4.71. The van der Waals surface area contributed by atoms with Crippen molar-refractivity contribution in [1.29, 1.82) is 0 Å². The van der Waals surface area contributed by atoms with Gasteiger partial charge in [0.15, 0.2) is 0 Å². The van der Waals surface area contributed by atoms with E-state index in [9.17, 15) is 0 Å². The van der Waals surface area contributed by atoms with Crippen molar-refractivity contribution in [1.82, 2.24) is 0 Å². The third-order valence-corrected chi connectivity index (χ3v) is 0. The fourth-order valence-electron chi connectivity index (χ4n) is 0. The maximum absolute atomic E-state index is 4.71. The number of thiol groups is 1. The van der Waals surface area contributed by atoms with Crippen molar-refractivity contribution in [2.24, 2.45) is 5.73 Å². The molecular weight excluding hydrogens is 229 g/mol. The maximum Gasteiger partial charge on any atom is 0.128 e. The molecule has 4 heteroatoms. The molecule has 0 saturated carbocycles. The number of nitrogens with two attached hydrogens (primary N) is 1. The Labute approximate surface area is 69.7 Å². The zero-order valence-electron chi connectivity index (χ0n) is 2.51. The van der Waals surface area contributed by atoms with Crippen molar-refractivity contribution in [2.45, 2.75) is 0 Å². The molecule has 27 valence electrons. The van der Waals surface area contributed by atoms with Gasteiger partial charge in [0.25, 0.3) is 0 Å². The minimum Gasteiger partial charge on any atom is -0.385 e. The van der Waals surface area contributed by atoms with Crippen molar-refractivity contribution in [3.05, 3.63) is 0 Å². The van der Waals surface area contributed by atoms with E-state index in [0.717, 1.165) is 0 Å². The normalized spacial score (nSPS) is 5.00. The van der Waals surface area contributed by atoms with Crippen molar-refractivity contribution in [3.8, 4) is 0 Å². The van der Waals surface area contributed by atoms with Gasteiger partial charge in [-0.1, -0.05) is 12.2 Å².